The summed E-state index contributed by atoms with van der Waals surface area (Å²) < 4.78 is 7.15. The number of rotatable bonds is 3. The highest BCUT2D eigenvalue weighted by Crippen LogP contribution is 2.23. The van der Waals surface area contributed by atoms with E-state index in [-0.39, 0.29) is 5.41 Å². The Labute approximate surface area is 122 Å². The van der Waals surface area contributed by atoms with Crippen LogP contribution in [0, 0.1) is 0 Å². The summed E-state index contributed by atoms with van der Waals surface area (Å²) in [6, 6.07) is 3.96. The molecule has 21 heavy (non-hydrogen) atoms. The minimum absolute atomic E-state index is 0.0763. The van der Waals surface area contributed by atoms with E-state index >= 15 is 0 Å². The molecule has 3 rings (SSSR count). The normalized spacial score (nSPS) is 11.8. The highest BCUT2D eigenvalue weighted by molar-refractivity contribution is 5.46. The van der Waals surface area contributed by atoms with Gasteiger partial charge in [-0.25, -0.2) is 4.98 Å². The van der Waals surface area contributed by atoms with Crippen LogP contribution >= 0.6 is 0 Å². The van der Waals surface area contributed by atoms with Crippen LogP contribution in [0.2, 0.25) is 0 Å². The van der Waals surface area contributed by atoms with Crippen LogP contribution in [0.3, 0.4) is 0 Å². The Balaban J connectivity index is 1.80. The first-order valence-corrected chi connectivity index (χ1v) is 6.77. The Bertz CT molecular complexity index is 707. The van der Waals surface area contributed by atoms with Gasteiger partial charge in [0.25, 0.3) is 5.89 Å². The van der Waals surface area contributed by atoms with Crippen molar-refractivity contribution in [3.63, 3.8) is 0 Å². The third kappa shape index (κ3) is 2.99. The number of aromatic nitrogens is 5. The third-order valence-corrected chi connectivity index (χ3v) is 3.20. The molecule has 3 aromatic rings. The van der Waals surface area contributed by atoms with Crippen LogP contribution in [0.1, 0.15) is 32.2 Å². The van der Waals surface area contributed by atoms with Crippen LogP contribution < -0.4 is 0 Å². The Hall–Kier alpha value is -2.50. The van der Waals surface area contributed by atoms with Gasteiger partial charge in [-0.15, -0.1) is 0 Å². The van der Waals surface area contributed by atoms with Gasteiger partial charge in [0, 0.05) is 18.6 Å². The molecule has 0 aliphatic heterocycles. The monoisotopic (exact) mass is 283 g/mol. The zero-order valence-corrected chi connectivity index (χ0v) is 12.3. The molecule has 0 amide bonds. The topological polar surface area (TPSA) is 69.6 Å². The van der Waals surface area contributed by atoms with Gasteiger partial charge < -0.3 is 9.09 Å². The van der Waals surface area contributed by atoms with E-state index in [4.69, 9.17) is 4.52 Å². The molecule has 0 radical (unpaired) electrons. The zero-order chi connectivity index (χ0) is 14.9. The summed E-state index contributed by atoms with van der Waals surface area (Å²) in [5.41, 5.74) is 1.93. The number of hydrogen-bond donors (Lipinski definition) is 0. The minimum atomic E-state index is 0.0763. The van der Waals surface area contributed by atoms with E-state index in [1.54, 1.807) is 12.5 Å². The molecule has 6 nitrogen and oxygen atoms in total. The van der Waals surface area contributed by atoms with Crippen LogP contribution in [0.15, 0.2) is 41.6 Å². The fourth-order valence-corrected chi connectivity index (χ4v) is 1.93. The van der Waals surface area contributed by atoms with Crippen molar-refractivity contribution in [2.75, 3.05) is 0 Å². The summed E-state index contributed by atoms with van der Waals surface area (Å²) >= 11 is 0. The fraction of sp³-hybridized carbons (Fsp3) is 0.333. The lowest BCUT2D eigenvalue weighted by atomic mass is 9.88. The van der Waals surface area contributed by atoms with Crippen molar-refractivity contribution in [2.24, 2.45) is 0 Å². The van der Waals surface area contributed by atoms with Gasteiger partial charge in [-0.2, -0.15) is 4.98 Å². The van der Waals surface area contributed by atoms with Gasteiger partial charge in [-0.05, 0) is 17.0 Å². The van der Waals surface area contributed by atoms with Crippen molar-refractivity contribution in [2.45, 2.75) is 32.7 Å². The van der Waals surface area contributed by atoms with Gasteiger partial charge in [-0.1, -0.05) is 32.0 Å². The van der Waals surface area contributed by atoms with E-state index in [1.165, 1.54) is 5.56 Å². The summed E-state index contributed by atoms with van der Waals surface area (Å²) in [7, 11) is 0. The van der Waals surface area contributed by atoms with E-state index in [0.717, 1.165) is 0 Å². The van der Waals surface area contributed by atoms with Crippen LogP contribution in [0.25, 0.3) is 11.6 Å². The van der Waals surface area contributed by atoms with Gasteiger partial charge in [0.15, 0.2) is 5.82 Å². The maximum Gasteiger partial charge on any atom is 0.276 e. The molecular formula is C15H17N5O. The third-order valence-electron chi connectivity index (χ3n) is 3.20. The van der Waals surface area contributed by atoms with E-state index in [1.807, 2.05) is 29.1 Å². The van der Waals surface area contributed by atoms with Crippen molar-refractivity contribution in [3.05, 3.63) is 48.4 Å². The Morgan fingerprint density at radius 2 is 2.10 bits per heavy atom. The standard InChI is InChI=1S/C15H17N5O/c1-15(2,3)11-4-5-12(17-8-11)14-18-13(19-21-14)9-20-7-6-16-10-20/h4-8,10H,9H2,1-3H3. The molecule has 0 fully saturated rings. The van der Waals surface area contributed by atoms with E-state index < -0.39 is 0 Å². The summed E-state index contributed by atoms with van der Waals surface area (Å²) in [6.07, 6.45) is 7.14. The summed E-state index contributed by atoms with van der Waals surface area (Å²) in [5.74, 6) is 1.04. The van der Waals surface area contributed by atoms with Crippen LogP contribution in [0.5, 0.6) is 0 Å². The lowest BCUT2D eigenvalue weighted by molar-refractivity contribution is 0.419. The smallest absolute Gasteiger partial charge is 0.276 e. The molecule has 0 aromatic carbocycles. The Kier molecular flexibility index (Phi) is 3.29. The molecule has 0 N–H and O–H groups in total. The lowest BCUT2D eigenvalue weighted by Gasteiger charge is -2.17. The molecule has 0 aliphatic carbocycles. The first-order valence-electron chi connectivity index (χ1n) is 6.77. The molecule has 0 saturated heterocycles. The fourth-order valence-electron chi connectivity index (χ4n) is 1.93. The predicted octanol–water partition coefficient (Wildman–Crippen LogP) is 2.67. The molecule has 108 valence electrons. The van der Waals surface area contributed by atoms with Crippen LogP contribution in [-0.4, -0.2) is 24.7 Å². The van der Waals surface area contributed by atoms with Crippen LogP contribution in [0.4, 0.5) is 0 Å². The predicted molar refractivity (Wildman–Crippen MR) is 77.6 cm³/mol. The molecule has 0 aliphatic rings. The highest BCUT2D eigenvalue weighted by Gasteiger charge is 2.15. The SMILES string of the molecule is CC(C)(C)c1ccc(-c2nc(Cn3ccnc3)no2)nc1. The molecule has 3 heterocycles. The van der Waals surface area contributed by atoms with Gasteiger partial charge in [0.2, 0.25) is 0 Å². The Morgan fingerprint density at radius 3 is 2.71 bits per heavy atom. The minimum Gasteiger partial charge on any atom is -0.332 e. The molecule has 0 bridgehead atoms. The van der Waals surface area contributed by atoms with E-state index in [9.17, 15) is 0 Å². The molecule has 0 saturated carbocycles. The van der Waals surface area contributed by atoms with Gasteiger partial charge >= 0.3 is 0 Å². The average Bonchev–Trinajstić information content (AvgIpc) is 3.10. The number of imidazole rings is 1. The largest absolute Gasteiger partial charge is 0.332 e. The molecular weight excluding hydrogens is 266 g/mol. The molecule has 0 spiro atoms. The number of nitrogens with zero attached hydrogens (tertiary/aromatic N) is 5. The maximum atomic E-state index is 5.27. The van der Waals surface area contributed by atoms with Gasteiger partial charge in [0.1, 0.15) is 5.69 Å². The number of hydrogen-bond acceptors (Lipinski definition) is 5. The average molecular weight is 283 g/mol. The second-order valence-electron chi connectivity index (χ2n) is 5.93. The molecule has 3 aromatic heterocycles. The maximum absolute atomic E-state index is 5.27. The van der Waals surface area contributed by atoms with Crippen molar-refractivity contribution in [1.29, 1.82) is 0 Å². The van der Waals surface area contributed by atoms with Crippen LogP contribution in [-0.2, 0) is 12.0 Å². The van der Waals surface area contributed by atoms with Gasteiger partial charge in [0.05, 0.1) is 12.9 Å². The summed E-state index contributed by atoms with van der Waals surface area (Å²) in [4.78, 5) is 12.7. The summed E-state index contributed by atoms with van der Waals surface area (Å²) in [6.45, 7) is 6.99. The first kappa shape index (κ1) is 13.5. The second-order valence-corrected chi connectivity index (χ2v) is 5.93. The summed E-state index contributed by atoms with van der Waals surface area (Å²) in [5, 5.41) is 3.96. The van der Waals surface area contributed by atoms with E-state index in [0.29, 0.717) is 24.0 Å². The Morgan fingerprint density at radius 1 is 1.24 bits per heavy atom. The molecule has 6 heteroatoms. The quantitative estimate of drug-likeness (QED) is 0.739. The highest BCUT2D eigenvalue weighted by atomic mass is 16.5. The van der Waals surface area contributed by atoms with Gasteiger partial charge in [-0.3, -0.25) is 4.98 Å². The van der Waals surface area contributed by atoms with Crippen molar-refractivity contribution in [3.8, 4) is 11.6 Å². The second kappa shape index (κ2) is 5.12. The first-order chi connectivity index (χ1) is 10.0. The van der Waals surface area contributed by atoms with Crippen molar-refractivity contribution < 1.29 is 4.52 Å². The number of pyridine rings is 1. The molecule has 0 atom stereocenters. The van der Waals surface area contributed by atoms with Crippen molar-refractivity contribution in [1.82, 2.24) is 24.7 Å². The lowest BCUT2D eigenvalue weighted by Crippen LogP contribution is -2.11. The van der Waals surface area contributed by atoms with Crippen molar-refractivity contribution >= 4 is 0 Å². The molecule has 0 unspecified atom stereocenters. The zero-order valence-electron chi connectivity index (χ0n) is 12.3. The van der Waals surface area contributed by atoms with E-state index in [2.05, 4.69) is 40.9 Å².